The molecule has 0 bridgehead atoms. The molecule has 1 aliphatic carbocycles. The van der Waals surface area contributed by atoms with Gasteiger partial charge in [0.25, 0.3) is 0 Å². The number of para-hydroxylation sites is 5. The Bertz CT molecular complexity index is 5800. The highest BCUT2D eigenvalue weighted by Gasteiger charge is 2.26. The van der Waals surface area contributed by atoms with Gasteiger partial charge in [0.05, 0.1) is 44.5 Å². The molecule has 0 amide bonds. The largest absolute Gasteiger partial charge is 0.309 e. The smallest absolute Gasteiger partial charge is 0.162 e. The second-order valence-corrected chi connectivity index (χ2v) is 23.2. The third kappa shape index (κ3) is 10.7. The molecule has 0 fully saturated rings. The highest BCUT2D eigenvalue weighted by Crippen LogP contribution is 2.44. The normalized spacial score (nSPS) is 11.2. The molecule has 0 N–H and O–H groups in total. The summed E-state index contributed by atoms with van der Waals surface area (Å²) in [5.74, 6) is 1.65. The van der Waals surface area contributed by atoms with Gasteiger partial charge in [0, 0.05) is 67.4 Å². The van der Waals surface area contributed by atoms with Gasteiger partial charge in [-0.1, -0.05) is 263 Å². The number of hydrogen-bond acceptors (Lipinski definition) is 6. The fraction of sp³-hybridized carbons (Fsp3) is 0.0353. The summed E-state index contributed by atoms with van der Waals surface area (Å²) in [6.45, 7) is 0. The van der Waals surface area contributed by atoms with Gasteiger partial charge < -0.3 is 9.13 Å². The topological polar surface area (TPSA) is 114 Å². The quantitative estimate of drug-likeness (QED) is 0.147. The van der Waals surface area contributed by atoms with Gasteiger partial charge in [-0.25, -0.2) is 19.9 Å². The van der Waals surface area contributed by atoms with Crippen LogP contribution in [0.1, 0.15) is 38.5 Å². The average molecular weight is 1240 g/mol. The molecular weight excluding hydrogens is 1180 g/mol. The Balaban J connectivity index is 0.000000141. The summed E-state index contributed by atoms with van der Waals surface area (Å²) >= 11 is 6.16. The average Bonchev–Trinajstić information content (AvgIpc) is 1.57. The molecule has 0 saturated heterocycles. The lowest BCUT2D eigenvalue weighted by Crippen LogP contribution is -2.07. The lowest BCUT2D eigenvalue weighted by Gasteiger charge is -2.14. The molecule has 18 rings (SSSR count). The van der Waals surface area contributed by atoms with E-state index >= 15 is 0 Å². The van der Waals surface area contributed by atoms with Crippen LogP contribution in [0.3, 0.4) is 0 Å². The Kier molecular flexibility index (Phi) is 16.2. The van der Waals surface area contributed by atoms with Crippen LogP contribution in [-0.2, 0) is 6.42 Å². The van der Waals surface area contributed by atoms with Crippen LogP contribution >= 0.6 is 11.6 Å². The van der Waals surface area contributed by atoms with E-state index in [1.54, 1.807) is 0 Å². The van der Waals surface area contributed by atoms with Crippen molar-refractivity contribution >= 4 is 77.0 Å². The molecule has 454 valence electrons. The van der Waals surface area contributed by atoms with Crippen LogP contribution in [0.4, 0.5) is 0 Å². The van der Waals surface area contributed by atoms with E-state index in [1.165, 1.54) is 55.1 Å². The zero-order chi connectivity index (χ0) is 62.4. The maximum Gasteiger partial charge on any atom is 0.162 e. The number of fused-ring (bicyclic) bond motifs is 12. The summed E-state index contributed by atoms with van der Waals surface area (Å²) in [5, 5.41) is 27.4. The minimum Gasteiger partial charge on any atom is -0.309 e. The van der Waals surface area contributed by atoms with Crippen LogP contribution in [0.25, 0.3) is 139 Å². The summed E-state index contributed by atoms with van der Waals surface area (Å²) in [5.41, 5.74) is 20.1. The van der Waals surface area contributed by atoms with Gasteiger partial charge >= 0.3 is 0 Å². The Morgan fingerprint density at radius 3 is 1.17 bits per heavy atom. The highest BCUT2D eigenvalue weighted by atomic mass is 35.5. The number of halogens is 1. The van der Waals surface area contributed by atoms with E-state index < -0.39 is 0 Å². The second-order valence-electron chi connectivity index (χ2n) is 22.8. The molecule has 0 spiro atoms. The van der Waals surface area contributed by atoms with Crippen molar-refractivity contribution in [2.24, 2.45) is 0 Å². The molecule has 0 radical (unpaired) electrons. The minimum absolute atomic E-state index is 0. The molecule has 1 aliphatic rings. The third-order valence-corrected chi connectivity index (χ3v) is 17.7. The van der Waals surface area contributed by atoms with Crippen molar-refractivity contribution in [1.82, 2.24) is 33.6 Å². The van der Waals surface area contributed by atoms with Gasteiger partial charge in [-0.05, 0) is 95.4 Å². The van der Waals surface area contributed by atoms with Gasteiger partial charge in [0.2, 0.25) is 0 Å². The number of benzene rings is 12. The van der Waals surface area contributed by atoms with Crippen LogP contribution < -0.4 is 0 Å². The van der Waals surface area contributed by atoms with E-state index in [2.05, 4.69) is 206 Å². The van der Waals surface area contributed by atoms with E-state index in [4.69, 9.17) is 21.6 Å². The van der Waals surface area contributed by atoms with Crippen molar-refractivity contribution in [3.63, 3.8) is 0 Å². The first-order valence-corrected chi connectivity index (χ1v) is 31.1. The predicted molar refractivity (Wildman–Crippen MR) is 394 cm³/mol. The van der Waals surface area contributed by atoms with Crippen LogP contribution in [0, 0.1) is 22.7 Å². The van der Waals surface area contributed by atoms with E-state index in [0.29, 0.717) is 40.0 Å². The number of nitriles is 2. The lowest BCUT2D eigenvalue weighted by molar-refractivity contribution is 1.04. The Morgan fingerprint density at radius 2 is 0.684 bits per heavy atom. The second kappa shape index (κ2) is 25.6. The molecule has 17 aromatic rings. The standard InChI is InChI=1S/C41H25N5.C25H17N.C17H10ClN3.2CH4.H2/c42-26-34-39(27-14-4-1-5-15-27)43-40(28-16-6-2-7-17-28)44-41(34)46-36-23-13-11-21-31(36)33-24-37-32(25-38(33)46)30-20-10-12-22-35(30)45(37)29-18-8-3-9-19-29;1-2-9-19(10-3-1)26-24-13-7-6-12-21(24)23-15-18-14-17-8-4-5-11-20(17)22(18)16-25(23)26;18-16-14(11-19)15(12-7-3-1-4-8-12)20-17(21-16)13-9-5-2-6-10-13;;;/h1-25H;1-13,15-16H,14H2;1-10H;2*1H4;1H. The zero-order valence-electron chi connectivity index (χ0n) is 50.0. The summed E-state index contributed by atoms with van der Waals surface area (Å²) in [6.07, 6.45) is 1.03. The summed E-state index contributed by atoms with van der Waals surface area (Å²) in [4.78, 5) is 18.9. The maximum absolute atomic E-state index is 10.8. The monoisotopic (exact) mass is 1240 g/mol. The van der Waals surface area contributed by atoms with Crippen molar-refractivity contribution in [2.75, 3.05) is 0 Å². The number of hydrogen-bond donors (Lipinski definition) is 0. The fourth-order valence-electron chi connectivity index (χ4n) is 13.3. The van der Waals surface area contributed by atoms with E-state index in [0.717, 1.165) is 72.6 Å². The number of nitrogens with zero attached hydrogens (tertiary/aromatic N) is 9. The van der Waals surface area contributed by atoms with Crippen LogP contribution in [-0.4, -0.2) is 33.6 Å². The minimum atomic E-state index is 0. The van der Waals surface area contributed by atoms with Crippen molar-refractivity contribution in [2.45, 2.75) is 21.3 Å². The highest BCUT2D eigenvalue weighted by molar-refractivity contribution is 6.31. The first-order chi connectivity index (χ1) is 46.0. The van der Waals surface area contributed by atoms with Crippen molar-refractivity contribution in [3.05, 3.63) is 331 Å². The van der Waals surface area contributed by atoms with Gasteiger partial charge in [-0.2, -0.15) is 10.5 Å². The number of rotatable bonds is 7. The van der Waals surface area contributed by atoms with Crippen molar-refractivity contribution in [1.29, 1.82) is 10.5 Å². The molecule has 12 aromatic carbocycles. The molecular formula is C85H62ClN9. The van der Waals surface area contributed by atoms with Gasteiger partial charge in [-0.15, -0.1) is 0 Å². The molecule has 5 heterocycles. The number of aromatic nitrogens is 7. The molecule has 0 saturated carbocycles. The molecule has 0 aliphatic heterocycles. The van der Waals surface area contributed by atoms with Gasteiger partial charge in [0.1, 0.15) is 23.3 Å². The summed E-state index contributed by atoms with van der Waals surface area (Å²) < 4.78 is 6.88. The molecule has 10 heteroatoms. The molecule has 95 heavy (non-hydrogen) atoms. The van der Waals surface area contributed by atoms with E-state index in [1.807, 2.05) is 133 Å². The Labute approximate surface area is 557 Å². The van der Waals surface area contributed by atoms with Crippen LogP contribution in [0.5, 0.6) is 0 Å². The van der Waals surface area contributed by atoms with Crippen molar-refractivity contribution in [3.8, 4) is 85.7 Å². The lowest BCUT2D eigenvalue weighted by atomic mass is 10.0. The van der Waals surface area contributed by atoms with Gasteiger partial charge in [-0.3, -0.25) is 4.57 Å². The van der Waals surface area contributed by atoms with E-state index in [-0.39, 0.29) is 21.4 Å². The van der Waals surface area contributed by atoms with Crippen LogP contribution in [0.15, 0.2) is 303 Å². The molecule has 0 unspecified atom stereocenters. The van der Waals surface area contributed by atoms with Gasteiger partial charge in [0.15, 0.2) is 22.6 Å². The SMILES string of the molecule is C.C.N#Cc1c(-c2ccccc2)nc(-c2ccccc2)nc1-n1c2ccccc2c2cc3c(cc21)c1ccccc1n3-c1ccccc1.N#Cc1c(Cl)nc(-c2ccccc2)nc1-c1ccccc1.[HH].c1ccc(-n2c3ccccc3c3cc4c(cc32)-c2ccccc2C4)cc1. The molecule has 5 aromatic heterocycles. The van der Waals surface area contributed by atoms with Crippen LogP contribution in [0.2, 0.25) is 5.15 Å². The summed E-state index contributed by atoms with van der Waals surface area (Å²) in [6, 6.07) is 108. The van der Waals surface area contributed by atoms with E-state index in [9.17, 15) is 10.5 Å². The molecule has 0 atom stereocenters. The maximum atomic E-state index is 10.8. The first kappa shape index (κ1) is 60.1. The third-order valence-electron chi connectivity index (χ3n) is 17.4. The Morgan fingerprint density at radius 1 is 0.316 bits per heavy atom. The summed E-state index contributed by atoms with van der Waals surface area (Å²) in [7, 11) is 0. The fourth-order valence-corrected chi connectivity index (χ4v) is 13.5. The van der Waals surface area contributed by atoms with Crippen molar-refractivity contribution < 1.29 is 1.43 Å². The first-order valence-electron chi connectivity index (χ1n) is 30.7. The zero-order valence-corrected chi connectivity index (χ0v) is 50.7. The molecule has 9 nitrogen and oxygen atoms in total. The predicted octanol–water partition coefficient (Wildman–Crippen LogP) is 22.1. The Hall–Kier alpha value is -12.5.